The molecule has 0 aliphatic carbocycles. The summed E-state index contributed by atoms with van der Waals surface area (Å²) < 4.78 is 5.20. The number of methoxy groups -OCH3 is 1. The average Bonchev–Trinajstić information content (AvgIpc) is 2.80. The maximum absolute atomic E-state index is 12.4. The first-order chi connectivity index (χ1) is 10.1. The topological polar surface area (TPSA) is 41.6 Å². The fourth-order valence-corrected chi connectivity index (χ4v) is 2.86. The van der Waals surface area contributed by atoms with Crippen LogP contribution in [-0.4, -0.2) is 30.5 Å². The van der Waals surface area contributed by atoms with Crippen LogP contribution in [0.5, 0.6) is 5.75 Å². The predicted octanol–water partition coefficient (Wildman–Crippen LogP) is 2.95. The lowest BCUT2D eigenvalue weighted by atomic mass is 10.0. The Morgan fingerprint density at radius 1 is 1.24 bits per heavy atom. The van der Waals surface area contributed by atoms with Gasteiger partial charge in [0.05, 0.1) is 13.2 Å². The Morgan fingerprint density at radius 3 is 2.38 bits per heavy atom. The minimum absolute atomic E-state index is 0.0287. The van der Waals surface area contributed by atoms with Gasteiger partial charge in [0.15, 0.2) is 0 Å². The maximum atomic E-state index is 12.4. The smallest absolute Gasteiger partial charge is 0.241 e. The molecule has 0 radical (unpaired) electrons. The van der Waals surface area contributed by atoms with Crippen LogP contribution >= 0.6 is 0 Å². The molecule has 4 nitrogen and oxygen atoms in total. The van der Waals surface area contributed by atoms with Crippen LogP contribution in [0.4, 0.5) is 0 Å². The number of benzene rings is 1. The summed E-state index contributed by atoms with van der Waals surface area (Å²) in [5.74, 6) is 1.59. The summed E-state index contributed by atoms with van der Waals surface area (Å²) in [5.41, 5.74) is 1.11. The largest absolute Gasteiger partial charge is 0.497 e. The van der Waals surface area contributed by atoms with Crippen molar-refractivity contribution in [2.75, 3.05) is 13.7 Å². The SMILES string of the molecule is CCC(CC)CN1C(=O)C(C)NC1c1ccc(OC)cc1. The van der Waals surface area contributed by atoms with Crippen molar-refractivity contribution in [2.45, 2.75) is 45.8 Å². The van der Waals surface area contributed by atoms with E-state index in [2.05, 4.69) is 19.2 Å². The molecule has 116 valence electrons. The highest BCUT2D eigenvalue weighted by atomic mass is 16.5. The quantitative estimate of drug-likeness (QED) is 0.876. The van der Waals surface area contributed by atoms with E-state index in [1.165, 1.54) is 0 Å². The number of ether oxygens (including phenoxy) is 1. The van der Waals surface area contributed by atoms with Crippen LogP contribution in [0.1, 0.15) is 45.3 Å². The van der Waals surface area contributed by atoms with Crippen molar-refractivity contribution in [3.05, 3.63) is 29.8 Å². The lowest BCUT2D eigenvalue weighted by molar-refractivity contribution is -0.130. The second-order valence-electron chi connectivity index (χ2n) is 5.74. The second-order valence-corrected chi connectivity index (χ2v) is 5.74. The Balaban J connectivity index is 2.20. The highest BCUT2D eigenvalue weighted by Gasteiger charge is 2.37. The Bertz CT molecular complexity index is 468. The van der Waals surface area contributed by atoms with Crippen molar-refractivity contribution in [1.29, 1.82) is 0 Å². The molecule has 1 aromatic carbocycles. The first-order valence-electron chi connectivity index (χ1n) is 7.81. The molecular formula is C17H26N2O2. The molecule has 0 saturated carbocycles. The summed E-state index contributed by atoms with van der Waals surface area (Å²) in [5, 5.41) is 3.40. The normalized spacial score (nSPS) is 22.1. The van der Waals surface area contributed by atoms with Gasteiger partial charge in [0.1, 0.15) is 11.9 Å². The van der Waals surface area contributed by atoms with Gasteiger partial charge in [0, 0.05) is 6.54 Å². The van der Waals surface area contributed by atoms with Gasteiger partial charge in [-0.2, -0.15) is 0 Å². The summed E-state index contributed by atoms with van der Waals surface area (Å²) in [4.78, 5) is 14.4. The number of rotatable bonds is 6. The number of nitrogens with zero attached hydrogens (tertiary/aromatic N) is 1. The molecule has 4 heteroatoms. The Hall–Kier alpha value is -1.55. The van der Waals surface area contributed by atoms with Crippen LogP contribution in [0.25, 0.3) is 0 Å². The van der Waals surface area contributed by atoms with Gasteiger partial charge in [-0.25, -0.2) is 0 Å². The van der Waals surface area contributed by atoms with Crippen LogP contribution in [0, 0.1) is 5.92 Å². The number of nitrogens with one attached hydrogen (secondary N) is 1. The molecule has 1 heterocycles. The summed E-state index contributed by atoms with van der Waals surface area (Å²) in [6.45, 7) is 7.13. The van der Waals surface area contributed by atoms with E-state index >= 15 is 0 Å². The molecule has 1 N–H and O–H groups in total. The molecule has 1 amide bonds. The highest BCUT2D eigenvalue weighted by Crippen LogP contribution is 2.28. The minimum Gasteiger partial charge on any atom is -0.497 e. The van der Waals surface area contributed by atoms with Gasteiger partial charge in [-0.15, -0.1) is 0 Å². The molecule has 2 atom stereocenters. The molecule has 0 bridgehead atoms. The third-order valence-electron chi connectivity index (χ3n) is 4.41. The van der Waals surface area contributed by atoms with Gasteiger partial charge in [-0.05, 0) is 30.5 Å². The Labute approximate surface area is 127 Å². The van der Waals surface area contributed by atoms with Crippen LogP contribution in [0.3, 0.4) is 0 Å². The first-order valence-corrected chi connectivity index (χ1v) is 7.81. The number of hydrogen-bond acceptors (Lipinski definition) is 3. The molecule has 0 aromatic heterocycles. The van der Waals surface area contributed by atoms with E-state index < -0.39 is 0 Å². The van der Waals surface area contributed by atoms with Gasteiger partial charge < -0.3 is 9.64 Å². The highest BCUT2D eigenvalue weighted by molar-refractivity contribution is 5.84. The van der Waals surface area contributed by atoms with E-state index in [4.69, 9.17) is 4.74 Å². The van der Waals surface area contributed by atoms with E-state index in [9.17, 15) is 4.79 Å². The summed E-state index contributed by atoms with van der Waals surface area (Å²) in [7, 11) is 1.66. The molecular weight excluding hydrogens is 264 g/mol. The third-order valence-corrected chi connectivity index (χ3v) is 4.41. The lowest BCUT2D eigenvalue weighted by Gasteiger charge is -2.28. The lowest BCUT2D eigenvalue weighted by Crippen LogP contribution is -2.34. The van der Waals surface area contributed by atoms with Gasteiger partial charge >= 0.3 is 0 Å². The van der Waals surface area contributed by atoms with Crippen LogP contribution in [0.15, 0.2) is 24.3 Å². The molecule has 1 aliphatic rings. The standard InChI is InChI=1S/C17H26N2O2/c1-5-13(6-2)11-19-16(18-12(3)17(19)20)14-7-9-15(21-4)10-8-14/h7-10,12-13,16,18H,5-6,11H2,1-4H3. The van der Waals surface area contributed by atoms with Gasteiger partial charge in [-0.1, -0.05) is 38.8 Å². The van der Waals surface area contributed by atoms with Crippen LogP contribution in [-0.2, 0) is 4.79 Å². The maximum Gasteiger partial charge on any atom is 0.241 e. The van der Waals surface area contributed by atoms with E-state index in [1.807, 2.05) is 36.1 Å². The van der Waals surface area contributed by atoms with Crippen LogP contribution in [0.2, 0.25) is 0 Å². The zero-order valence-corrected chi connectivity index (χ0v) is 13.4. The second kappa shape index (κ2) is 6.94. The van der Waals surface area contributed by atoms with Crippen molar-refractivity contribution < 1.29 is 9.53 Å². The number of carbonyl (C=O) groups excluding carboxylic acids is 1. The zero-order valence-electron chi connectivity index (χ0n) is 13.4. The molecule has 2 rings (SSSR count). The fraction of sp³-hybridized carbons (Fsp3) is 0.588. The zero-order chi connectivity index (χ0) is 15.4. The van der Waals surface area contributed by atoms with E-state index in [1.54, 1.807) is 7.11 Å². The first kappa shape index (κ1) is 15.8. The number of carbonyl (C=O) groups is 1. The number of hydrogen-bond donors (Lipinski definition) is 1. The van der Waals surface area contributed by atoms with Crippen molar-refractivity contribution in [3.63, 3.8) is 0 Å². The monoisotopic (exact) mass is 290 g/mol. The number of amides is 1. The summed E-state index contributed by atoms with van der Waals surface area (Å²) in [6, 6.07) is 7.83. The predicted molar refractivity (Wildman–Crippen MR) is 84.1 cm³/mol. The molecule has 1 fully saturated rings. The summed E-state index contributed by atoms with van der Waals surface area (Å²) in [6.07, 6.45) is 2.17. The van der Waals surface area contributed by atoms with E-state index in [0.29, 0.717) is 5.92 Å². The molecule has 1 aliphatic heterocycles. The third kappa shape index (κ3) is 3.38. The van der Waals surface area contributed by atoms with Gasteiger partial charge in [0.25, 0.3) is 0 Å². The fourth-order valence-electron chi connectivity index (χ4n) is 2.86. The Kier molecular flexibility index (Phi) is 5.23. The minimum atomic E-state index is -0.119. The molecule has 21 heavy (non-hydrogen) atoms. The van der Waals surface area contributed by atoms with Crippen LogP contribution < -0.4 is 10.1 Å². The van der Waals surface area contributed by atoms with E-state index in [-0.39, 0.29) is 18.1 Å². The molecule has 1 aromatic rings. The molecule has 0 spiro atoms. The van der Waals surface area contributed by atoms with Crippen molar-refractivity contribution >= 4 is 5.91 Å². The average molecular weight is 290 g/mol. The summed E-state index contributed by atoms with van der Waals surface area (Å²) >= 11 is 0. The van der Waals surface area contributed by atoms with Gasteiger partial charge in [-0.3, -0.25) is 10.1 Å². The van der Waals surface area contributed by atoms with Crippen molar-refractivity contribution in [1.82, 2.24) is 10.2 Å². The molecule has 1 saturated heterocycles. The van der Waals surface area contributed by atoms with Crippen molar-refractivity contribution in [2.24, 2.45) is 5.92 Å². The van der Waals surface area contributed by atoms with Crippen molar-refractivity contribution in [3.8, 4) is 5.75 Å². The molecule has 2 unspecified atom stereocenters. The van der Waals surface area contributed by atoms with Gasteiger partial charge in [0.2, 0.25) is 5.91 Å². The van der Waals surface area contributed by atoms with E-state index in [0.717, 1.165) is 30.7 Å². The Morgan fingerprint density at radius 2 is 1.86 bits per heavy atom.